The average Bonchev–Trinajstić information content (AvgIpc) is 3.06. The molecule has 3 amide bonds. The van der Waals surface area contributed by atoms with Crippen molar-refractivity contribution in [1.29, 1.82) is 0 Å². The van der Waals surface area contributed by atoms with Crippen molar-refractivity contribution in [3.05, 3.63) is 17.8 Å². The molecule has 0 radical (unpaired) electrons. The smallest absolute Gasteiger partial charge is 0.324 e. The second-order valence-electron chi connectivity index (χ2n) is 4.30. The molecule has 0 saturated carbocycles. The van der Waals surface area contributed by atoms with Crippen LogP contribution < -0.4 is 5.32 Å². The van der Waals surface area contributed by atoms with Crippen LogP contribution in [0, 0.1) is 0 Å². The number of rotatable bonds is 3. The Labute approximate surface area is 123 Å². The second-order valence-corrected chi connectivity index (χ2v) is 6.52. The number of nitrogens with one attached hydrogen (secondary N) is 1. The zero-order chi connectivity index (χ0) is 14.1. The van der Waals surface area contributed by atoms with Gasteiger partial charge in [0.05, 0.1) is 5.25 Å². The van der Waals surface area contributed by atoms with E-state index in [1.807, 2.05) is 11.4 Å². The quantitative estimate of drug-likeness (QED) is 0.690. The summed E-state index contributed by atoms with van der Waals surface area (Å²) < 4.78 is 0. The molecule has 0 spiro atoms. The number of amides is 3. The van der Waals surface area contributed by atoms with Gasteiger partial charge in [-0.2, -0.15) is 0 Å². The van der Waals surface area contributed by atoms with Crippen LogP contribution >= 0.6 is 23.1 Å². The van der Waals surface area contributed by atoms with Crippen molar-refractivity contribution in [3.63, 3.8) is 0 Å². The fraction of sp³-hybridized carbons (Fsp3) is 0.333. The SMILES string of the molecule is C[C@H](Sc1ncnc2sccc12)C(=O)N1CCNC1=O. The van der Waals surface area contributed by atoms with Crippen LogP contribution in [0.5, 0.6) is 0 Å². The number of urea groups is 1. The lowest BCUT2D eigenvalue weighted by Gasteiger charge is -2.17. The van der Waals surface area contributed by atoms with Crippen molar-refractivity contribution in [2.75, 3.05) is 13.1 Å². The number of aromatic nitrogens is 2. The average molecular weight is 308 g/mol. The van der Waals surface area contributed by atoms with Gasteiger partial charge in [0.1, 0.15) is 16.2 Å². The summed E-state index contributed by atoms with van der Waals surface area (Å²) in [4.78, 5) is 34.3. The number of nitrogens with zero attached hydrogens (tertiary/aromatic N) is 3. The van der Waals surface area contributed by atoms with E-state index >= 15 is 0 Å². The molecule has 1 saturated heterocycles. The zero-order valence-corrected chi connectivity index (χ0v) is 12.3. The fourth-order valence-electron chi connectivity index (χ4n) is 1.98. The number of hydrogen-bond acceptors (Lipinski definition) is 6. The molecule has 2 aromatic rings. The maximum absolute atomic E-state index is 12.2. The van der Waals surface area contributed by atoms with E-state index < -0.39 is 0 Å². The summed E-state index contributed by atoms with van der Waals surface area (Å²) >= 11 is 2.90. The minimum absolute atomic E-state index is 0.188. The molecular formula is C12H12N4O2S2. The Morgan fingerprint density at radius 2 is 2.40 bits per heavy atom. The topological polar surface area (TPSA) is 75.2 Å². The molecule has 1 aliphatic heterocycles. The van der Waals surface area contributed by atoms with Gasteiger partial charge in [-0.3, -0.25) is 9.69 Å². The molecule has 1 fully saturated rings. The van der Waals surface area contributed by atoms with E-state index in [4.69, 9.17) is 0 Å². The third-order valence-electron chi connectivity index (χ3n) is 2.98. The van der Waals surface area contributed by atoms with Crippen molar-refractivity contribution in [3.8, 4) is 0 Å². The molecule has 0 aliphatic carbocycles. The number of thioether (sulfide) groups is 1. The predicted molar refractivity (Wildman–Crippen MR) is 77.8 cm³/mol. The van der Waals surface area contributed by atoms with Gasteiger partial charge in [0.25, 0.3) is 0 Å². The van der Waals surface area contributed by atoms with E-state index in [0.717, 1.165) is 15.2 Å². The number of carbonyl (C=O) groups excluding carboxylic acids is 2. The van der Waals surface area contributed by atoms with Crippen molar-refractivity contribution in [2.24, 2.45) is 0 Å². The van der Waals surface area contributed by atoms with E-state index in [9.17, 15) is 9.59 Å². The van der Waals surface area contributed by atoms with Crippen LogP contribution in [0.1, 0.15) is 6.92 Å². The minimum Gasteiger partial charge on any atom is -0.336 e. The van der Waals surface area contributed by atoms with Crippen molar-refractivity contribution < 1.29 is 9.59 Å². The number of fused-ring (bicyclic) bond motifs is 1. The molecule has 3 rings (SSSR count). The van der Waals surface area contributed by atoms with E-state index in [1.165, 1.54) is 34.3 Å². The lowest BCUT2D eigenvalue weighted by molar-refractivity contribution is -0.126. The van der Waals surface area contributed by atoms with Crippen molar-refractivity contribution in [2.45, 2.75) is 17.2 Å². The molecule has 0 aromatic carbocycles. The first kappa shape index (κ1) is 13.3. The zero-order valence-electron chi connectivity index (χ0n) is 10.7. The second kappa shape index (κ2) is 5.37. The number of hydrogen-bond donors (Lipinski definition) is 1. The first-order chi connectivity index (χ1) is 9.66. The van der Waals surface area contributed by atoms with Crippen LogP contribution in [-0.4, -0.2) is 45.1 Å². The number of imide groups is 1. The first-order valence-electron chi connectivity index (χ1n) is 6.11. The molecule has 2 aromatic heterocycles. The van der Waals surface area contributed by atoms with Crippen molar-refractivity contribution in [1.82, 2.24) is 20.2 Å². The van der Waals surface area contributed by atoms with Gasteiger partial charge < -0.3 is 5.32 Å². The molecule has 8 heteroatoms. The van der Waals surface area contributed by atoms with E-state index in [-0.39, 0.29) is 17.2 Å². The maximum atomic E-state index is 12.2. The Kier molecular flexibility index (Phi) is 3.58. The predicted octanol–water partition coefficient (Wildman–Crippen LogP) is 1.72. The van der Waals surface area contributed by atoms with E-state index in [2.05, 4.69) is 15.3 Å². The summed E-state index contributed by atoms with van der Waals surface area (Å²) in [6.07, 6.45) is 1.50. The molecule has 104 valence electrons. The van der Waals surface area contributed by atoms with E-state index in [0.29, 0.717) is 13.1 Å². The van der Waals surface area contributed by atoms with Gasteiger partial charge in [-0.15, -0.1) is 11.3 Å². The summed E-state index contributed by atoms with van der Waals surface area (Å²) in [5, 5.41) is 5.94. The van der Waals surface area contributed by atoms with Gasteiger partial charge in [0.15, 0.2) is 0 Å². The molecule has 1 N–H and O–H groups in total. The molecule has 20 heavy (non-hydrogen) atoms. The van der Waals surface area contributed by atoms with E-state index in [1.54, 1.807) is 6.92 Å². The number of carbonyl (C=O) groups is 2. The third-order valence-corrected chi connectivity index (χ3v) is 4.91. The molecule has 6 nitrogen and oxygen atoms in total. The van der Waals surface area contributed by atoms with Crippen LogP contribution in [0.2, 0.25) is 0 Å². The van der Waals surface area contributed by atoms with Gasteiger partial charge in [-0.05, 0) is 18.4 Å². The van der Waals surface area contributed by atoms with Gasteiger partial charge in [-0.1, -0.05) is 11.8 Å². The Bertz CT molecular complexity index is 672. The van der Waals surface area contributed by atoms with Gasteiger partial charge in [0.2, 0.25) is 5.91 Å². The molecule has 1 atom stereocenters. The molecule has 0 unspecified atom stereocenters. The Balaban J connectivity index is 1.78. The van der Waals surface area contributed by atoms with Crippen molar-refractivity contribution >= 4 is 45.3 Å². The Hall–Kier alpha value is -1.67. The van der Waals surface area contributed by atoms with Crippen LogP contribution in [0.3, 0.4) is 0 Å². The fourth-order valence-corrected chi connectivity index (χ4v) is 3.74. The lowest BCUT2D eigenvalue weighted by atomic mass is 10.4. The van der Waals surface area contributed by atoms with Gasteiger partial charge in [-0.25, -0.2) is 14.8 Å². The largest absolute Gasteiger partial charge is 0.336 e. The summed E-state index contributed by atoms with van der Waals surface area (Å²) in [6, 6.07) is 1.63. The van der Waals surface area contributed by atoms with Crippen LogP contribution in [0.4, 0.5) is 4.79 Å². The molecule has 1 aliphatic rings. The van der Waals surface area contributed by atoms with Crippen LogP contribution in [0.25, 0.3) is 10.2 Å². The molecular weight excluding hydrogens is 296 g/mol. The molecule has 0 bridgehead atoms. The highest BCUT2D eigenvalue weighted by Crippen LogP contribution is 2.31. The van der Waals surface area contributed by atoms with Gasteiger partial charge >= 0.3 is 6.03 Å². The normalized spacial score (nSPS) is 16.4. The standard InChI is InChI=1S/C12H12N4O2S2/c1-7(11(17)16-4-3-13-12(16)18)20-10-8-2-5-19-9(8)14-6-15-10/h2,5-7H,3-4H2,1H3,(H,13,18)/t7-/m0/s1. The Morgan fingerprint density at radius 3 is 3.15 bits per heavy atom. The third kappa shape index (κ3) is 2.36. The first-order valence-corrected chi connectivity index (χ1v) is 7.87. The Morgan fingerprint density at radius 1 is 1.55 bits per heavy atom. The minimum atomic E-state index is -0.364. The van der Waals surface area contributed by atoms with Crippen LogP contribution in [0.15, 0.2) is 22.8 Å². The lowest BCUT2D eigenvalue weighted by Crippen LogP contribution is -2.38. The monoisotopic (exact) mass is 308 g/mol. The summed E-state index contributed by atoms with van der Waals surface area (Å²) in [6.45, 7) is 2.74. The van der Waals surface area contributed by atoms with Gasteiger partial charge in [0, 0.05) is 18.5 Å². The highest BCUT2D eigenvalue weighted by molar-refractivity contribution is 8.00. The summed E-state index contributed by atoms with van der Waals surface area (Å²) in [5.74, 6) is -0.188. The number of thiophene rings is 1. The summed E-state index contributed by atoms with van der Waals surface area (Å²) in [5.41, 5.74) is 0. The highest BCUT2D eigenvalue weighted by atomic mass is 32.2. The molecule has 3 heterocycles. The maximum Gasteiger partial charge on any atom is 0.324 e. The summed E-state index contributed by atoms with van der Waals surface area (Å²) in [7, 11) is 0. The highest BCUT2D eigenvalue weighted by Gasteiger charge is 2.30. The van der Waals surface area contributed by atoms with Crippen LogP contribution in [-0.2, 0) is 4.79 Å².